The Morgan fingerprint density at radius 3 is 2.62 bits per heavy atom. The standard InChI is InChI=1S/C18H24N6O3S2/c1-5-7-24-14(10-28-17-20-12(3)8-13(4)21-17)22-23-18(24)29-11-15(25)19-9-16(26)27-6-2/h5,8H,1,6-7,9-11H2,2-4H3,(H,19,25). The first-order valence-corrected chi connectivity index (χ1v) is 10.9. The van der Waals surface area contributed by atoms with Gasteiger partial charge in [-0.25, -0.2) is 9.97 Å². The van der Waals surface area contributed by atoms with Crippen LogP contribution in [0.2, 0.25) is 0 Å². The minimum Gasteiger partial charge on any atom is -0.465 e. The van der Waals surface area contributed by atoms with Gasteiger partial charge >= 0.3 is 5.97 Å². The third-order valence-corrected chi connectivity index (χ3v) is 5.27. The monoisotopic (exact) mass is 436 g/mol. The van der Waals surface area contributed by atoms with Crippen LogP contribution in [0.3, 0.4) is 0 Å². The number of nitrogens with zero attached hydrogens (tertiary/aromatic N) is 5. The fourth-order valence-electron chi connectivity index (χ4n) is 2.30. The van der Waals surface area contributed by atoms with Gasteiger partial charge in [-0.15, -0.1) is 16.8 Å². The van der Waals surface area contributed by atoms with Crippen LogP contribution in [-0.2, 0) is 26.6 Å². The summed E-state index contributed by atoms with van der Waals surface area (Å²) >= 11 is 2.72. The molecule has 2 rings (SSSR count). The summed E-state index contributed by atoms with van der Waals surface area (Å²) in [6.45, 7) is 10.00. The number of thioether (sulfide) groups is 2. The summed E-state index contributed by atoms with van der Waals surface area (Å²) in [5.41, 5.74) is 1.83. The Morgan fingerprint density at radius 2 is 1.97 bits per heavy atom. The molecule has 2 heterocycles. The Labute approximate surface area is 178 Å². The molecule has 0 radical (unpaired) electrons. The van der Waals surface area contributed by atoms with Gasteiger partial charge < -0.3 is 14.6 Å². The average molecular weight is 437 g/mol. The number of hydrogen-bond acceptors (Lipinski definition) is 9. The molecule has 29 heavy (non-hydrogen) atoms. The van der Waals surface area contributed by atoms with E-state index in [0.29, 0.717) is 22.6 Å². The third-order valence-electron chi connectivity index (χ3n) is 3.46. The number of ether oxygens (including phenoxy) is 1. The van der Waals surface area contributed by atoms with Gasteiger partial charge in [0.25, 0.3) is 0 Å². The van der Waals surface area contributed by atoms with E-state index in [0.717, 1.165) is 17.2 Å². The molecule has 9 nitrogen and oxygen atoms in total. The van der Waals surface area contributed by atoms with Crippen LogP contribution in [0.15, 0.2) is 29.0 Å². The second-order valence-corrected chi connectivity index (χ2v) is 7.78. The first-order chi connectivity index (χ1) is 13.9. The van der Waals surface area contributed by atoms with E-state index < -0.39 is 5.97 Å². The summed E-state index contributed by atoms with van der Waals surface area (Å²) in [6.07, 6.45) is 1.75. The number of allylic oxidation sites excluding steroid dienone is 1. The summed E-state index contributed by atoms with van der Waals surface area (Å²) in [5.74, 6) is 0.651. The molecule has 1 amide bonds. The Bertz CT molecular complexity index is 851. The van der Waals surface area contributed by atoms with Crippen LogP contribution < -0.4 is 5.32 Å². The first-order valence-electron chi connectivity index (χ1n) is 8.96. The topological polar surface area (TPSA) is 112 Å². The number of nitrogens with one attached hydrogen (secondary N) is 1. The van der Waals surface area contributed by atoms with Gasteiger partial charge in [-0.1, -0.05) is 29.6 Å². The molecule has 2 aromatic heterocycles. The maximum absolute atomic E-state index is 11.9. The number of amides is 1. The predicted octanol–water partition coefficient (Wildman–Crippen LogP) is 1.93. The van der Waals surface area contributed by atoms with Gasteiger partial charge in [0, 0.05) is 17.9 Å². The molecular weight excluding hydrogens is 412 g/mol. The SMILES string of the molecule is C=CCn1c(CSc2nc(C)cc(C)n2)nnc1SCC(=O)NCC(=O)OCC. The van der Waals surface area contributed by atoms with Crippen LogP contribution in [0.5, 0.6) is 0 Å². The number of aryl methyl sites for hydroxylation is 2. The lowest BCUT2D eigenvalue weighted by molar-refractivity contribution is -0.143. The molecule has 0 aliphatic rings. The van der Waals surface area contributed by atoms with Crippen LogP contribution in [0.1, 0.15) is 24.1 Å². The maximum atomic E-state index is 11.9. The van der Waals surface area contributed by atoms with Crippen LogP contribution in [0.4, 0.5) is 0 Å². The fraction of sp³-hybridized carbons (Fsp3) is 0.444. The van der Waals surface area contributed by atoms with Crippen molar-refractivity contribution >= 4 is 35.4 Å². The number of hydrogen-bond donors (Lipinski definition) is 1. The lowest BCUT2D eigenvalue weighted by atomic mass is 10.4. The van der Waals surface area contributed by atoms with Crippen LogP contribution >= 0.6 is 23.5 Å². The van der Waals surface area contributed by atoms with E-state index in [9.17, 15) is 9.59 Å². The second kappa shape index (κ2) is 11.6. The molecule has 2 aromatic rings. The van der Waals surface area contributed by atoms with Gasteiger partial charge in [0.05, 0.1) is 18.1 Å². The van der Waals surface area contributed by atoms with Gasteiger partial charge in [-0.2, -0.15) is 0 Å². The van der Waals surface area contributed by atoms with E-state index >= 15 is 0 Å². The lowest BCUT2D eigenvalue weighted by Crippen LogP contribution is -2.31. The summed E-state index contributed by atoms with van der Waals surface area (Å²) < 4.78 is 6.67. The van der Waals surface area contributed by atoms with Gasteiger partial charge in [0.1, 0.15) is 12.4 Å². The highest BCUT2D eigenvalue weighted by Crippen LogP contribution is 2.23. The molecule has 0 unspecified atom stereocenters. The fourth-order valence-corrected chi connectivity index (χ4v) is 3.98. The van der Waals surface area contributed by atoms with E-state index in [4.69, 9.17) is 4.74 Å². The molecule has 0 aliphatic carbocycles. The lowest BCUT2D eigenvalue weighted by Gasteiger charge is -2.08. The summed E-state index contributed by atoms with van der Waals surface area (Å²) in [5, 5.41) is 12.2. The minimum absolute atomic E-state index is 0.113. The van der Waals surface area contributed by atoms with Crippen LogP contribution in [0, 0.1) is 13.8 Å². The molecule has 0 bridgehead atoms. The Kier molecular flexibility index (Phi) is 9.13. The zero-order valence-corrected chi connectivity index (χ0v) is 18.3. The molecule has 0 aliphatic heterocycles. The van der Waals surface area contributed by atoms with Gasteiger partial charge in [-0.3, -0.25) is 9.59 Å². The minimum atomic E-state index is -0.464. The Hall–Kier alpha value is -2.40. The van der Waals surface area contributed by atoms with Gasteiger partial charge in [0.2, 0.25) is 5.91 Å². The van der Waals surface area contributed by atoms with Crippen LogP contribution in [0.25, 0.3) is 0 Å². The van der Waals surface area contributed by atoms with E-state index in [1.807, 2.05) is 24.5 Å². The van der Waals surface area contributed by atoms with E-state index in [1.54, 1.807) is 13.0 Å². The molecule has 11 heteroatoms. The van der Waals surface area contributed by atoms with Crippen molar-refractivity contribution in [2.45, 2.75) is 43.4 Å². The molecular formula is C18H24N6O3S2. The number of aromatic nitrogens is 5. The molecule has 156 valence electrons. The number of carbonyl (C=O) groups excluding carboxylic acids is 2. The first kappa shape index (κ1) is 22.9. The Morgan fingerprint density at radius 1 is 1.24 bits per heavy atom. The van der Waals surface area contributed by atoms with Crippen molar-refractivity contribution < 1.29 is 14.3 Å². The predicted molar refractivity (Wildman–Crippen MR) is 112 cm³/mol. The highest BCUT2D eigenvalue weighted by Gasteiger charge is 2.15. The zero-order valence-electron chi connectivity index (χ0n) is 16.7. The van der Waals surface area contributed by atoms with E-state index in [-0.39, 0.29) is 24.8 Å². The molecule has 0 saturated heterocycles. The molecule has 0 atom stereocenters. The highest BCUT2D eigenvalue weighted by molar-refractivity contribution is 7.99. The smallest absolute Gasteiger partial charge is 0.325 e. The Balaban J connectivity index is 1.95. The van der Waals surface area contributed by atoms with Gasteiger partial charge in [-0.05, 0) is 26.8 Å². The third kappa shape index (κ3) is 7.50. The van der Waals surface area contributed by atoms with Crippen molar-refractivity contribution in [3.63, 3.8) is 0 Å². The largest absolute Gasteiger partial charge is 0.465 e. The van der Waals surface area contributed by atoms with Crippen molar-refractivity contribution in [1.82, 2.24) is 30.0 Å². The second-order valence-electron chi connectivity index (χ2n) is 5.89. The van der Waals surface area contributed by atoms with E-state index in [2.05, 4.69) is 32.1 Å². The van der Waals surface area contributed by atoms with Crippen molar-refractivity contribution in [1.29, 1.82) is 0 Å². The summed E-state index contributed by atoms with van der Waals surface area (Å²) in [7, 11) is 0. The molecule has 0 aromatic carbocycles. The summed E-state index contributed by atoms with van der Waals surface area (Å²) in [6, 6.07) is 1.92. The van der Waals surface area contributed by atoms with Crippen molar-refractivity contribution in [3.8, 4) is 0 Å². The average Bonchev–Trinajstić information content (AvgIpc) is 3.04. The highest BCUT2D eigenvalue weighted by atomic mass is 32.2. The molecule has 0 fully saturated rings. The zero-order chi connectivity index (χ0) is 21.2. The van der Waals surface area contributed by atoms with Gasteiger partial charge in [0.15, 0.2) is 10.3 Å². The molecule has 0 saturated carbocycles. The quantitative estimate of drug-likeness (QED) is 0.244. The maximum Gasteiger partial charge on any atom is 0.325 e. The van der Waals surface area contributed by atoms with Crippen LogP contribution in [-0.4, -0.2) is 55.5 Å². The number of carbonyl (C=O) groups is 2. The summed E-state index contributed by atoms with van der Waals surface area (Å²) in [4.78, 5) is 32.1. The normalized spacial score (nSPS) is 10.6. The van der Waals surface area contributed by atoms with Crippen molar-refractivity contribution in [3.05, 3.63) is 35.9 Å². The molecule has 1 N–H and O–H groups in total. The van der Waals surface area contributed by atoms with Crippen molar-refractivity contribution in [2.75, 3.05) is 18.9 Å². The molecule has 0 spiro atoms. The number of rotatable bonds is 11. The van der Waals surface area contributed by atoms with Crippen molar-refractivity contribution in [2.24, 2.45) is 0 Å². The van der Waals surface area contributed by atoms with E-state index in [1.165, 1.54) is 23.5 Å². The number of esters is 1.